The molecule has 110 valence electrons. The largest absolute Gasteiger partial charge is 0.353 e. The van der Waals surface area contributed by atoms with Gasteiger partial charge < -0.3 is 10.2 Å². The van der Waals surface area contributed by atoms with Crippen LogP contribution in [-0.4, -0.2) is 24.6 Å². The third kappa shape index (κ3) is 2.69. The Labute approximate surface area is 122 Å². The first-order valence-electron chi connectivity index (χ1n) is 8.19. The van der Waals surface area contributed by atoms with Crippen molar-refractivity contribution in [3.8, 4) is 0 Å². The second-order valence-corrected chi connectivity index (χ2v) is 6.41. The number of nitrogens with zero attached hydrogens (tertiary/aromatic N) is 2. The van der Waals surface area contributed by atoms with E-state index < -0.39 is 0 Å². The van der Waals surface area contributed by atoms with Crippen molar-refractivity contribution in [2.24, 2.45) is 5.92 Å². The Morgan fingerprint density at radius 2 is 2.00 bits per heavy atom. The van der Waals surface area contributed by atoms with Crippen LogP contribution in [0.25, 0.3) is 0 Å². The Kier molecular flexibility index (Phi) is 4.25. The van der Waals surface area contributed by atoms with Crippen LogP contribution in [0.15, 0.2) is 18.3 Å². The zero-order chi connectivity index (χ0) is 13.9. The zero-order valence-electron chi connectivity index (χ0n) is 12.8. The molecule has 2 heterocycles. The van der Waals surface area contributed by atoms with Gasteiger partial charge in [0.1, 0.15) is 5.82 Å². The van der Waals surface area contributed by atoms with Crippen molar-refractivity contribution in [2.75, 3.05) is 18.5 Å². The smallest absolute Gasteiger partial charge is 0.128 e. The molecule has 3 unspecified atom stereocenters. The maximum atomic E-state index is 4.75. The van der Waals surface area contributed by atoms with Crippen molar-refractivity contribution < 1.29 is 0 Å². The number of fused-ring (bicyclic) bond motifs is 1. The quantitative estimate of drug-likeness (QED) is 0.913. The van der Waals surface area contributed by atoms with Crippen molar-refractivity contribution >= 4 is 5.82 Å². The van der Waals surface area contributed by atoms with Gasteiger partial charge in [-0.3, -0.25) is 0 Å². The average molecular weight is 273 g/mol. The zero-order valence-corrected chi connectivity index (χ0v) is 12.8. The maximum Gasteiger partial charge on any atom is 0.128 e. The molecule has 1 N–H and O–H groups in total. The van der Waals surface area contributed by atoms with Gasteiger partial charge in [-0.2, -0.15) is 0 Å². The van der Waals surface area contributed by atoms with Crippen LogP contribution in [-0.2, 0) is 0 Å². The minimum atomic E-state index is 0.375. The van der Waals surface area contributed by atoms with Crippen LogP contribution in [0.3, 0.4) is 0 Å². The molecular formula is C17H27N3. The molecular weight excluding hydrogens is 246 g/mol. The lowest BCUT2D eigenvalue weighted by atomic mass is 9.78. The number of piperidine rings is 1. The molecule has 0 radical (unpaired) electrons. The molecule has 0 bridgehead atoms. The summed E-state index contributed by atoms with van der Waals surface area (Å²) in [5, 5.41) is 3.27. The monoisotopic (exact) mass is 273 g/mol. The van der Waals surface area contributed by atoms with Gasteiger partial charge in [-0.25, -0.2) is 4.98 Å². The summed E-state index contributed by atoms with van der Waals surface area (Å²) >= 11 is 0. The Bertz CT molecular complexity index is 426. The van der Waals surface area contributed by atoms with E-state index in [1.807, 2.05) is 13.2 Å². The molecule has 3 atom stereocenters. The predicted octanol–water partition coefficient (Wildman–Crippen LogP) is 3.52. The summed E-state index contributed by atoms with van der Waals surface area (Å²) in [6.07, 6.45) is 10.4. The molecule has 1 aliphatic carbocycles. The predicted molar refractivity (Wildman–Crippen MR) is 84.0 cm³/mol. The lowest BCUT2D eigenvalue weighted by Crippen LogP contribution is -2.47. The Balaban J connectivity index is 1.77. The summed E-state index contributed by atoms with van der Waals surface area (Å²) in [5.41, 5.74) is 1.27. The average Bonchev–Trinajstić information content (AvgIpc) is 2.54. The van der Waals surface area contributed by atoms with Crippen molar-refractivity contribution in [3.63, 3.8) is 0 Å². The molecule has 20 heavy (non-hydrogen) atoms. The van der Waals surface area contributed by atoms with Gasteiger partial charge in [0.15, 0.2) is 0 Å². The van der Waals surface area contributed by atoms with Crippen molar-refractivity contribution in [1.82, 2.24) is 10.3 Å². The summed E-state index contributed by atoms with van der Waals surface area (Å²) in [5.74, 6) is 2.10. The van der Waals surface area contributed by atoms with E-state index >= 15 is 0 Å². The molecule has 0 spiro atoms. The fourth-order valence-electron chi connectivity index (χ4n) is 3.90. The molecule has 3 rings (SSSR count). The van der Waals surface area contributed by atoms with E-state index in [-0.39, 0.29) is 0 Å². The number of pyridine rings is 1. The van der Waals surface area contributed by atoms with E-state index in [0.717, 1.165) is 12.0 Å². The molecule has 2 aliphatic rings. The van der Waals surface area contributed by atoms with E-state index in [4.69, 9.17) is 4.98 Å². The summed E-state index contributed by atoms with van der Waals surface area (Å²) < 4.78 is 0. The molecule has 1 saturated carbocycles. The van der Waals surface area contributed by atoms with Crippen molar-refractivity contribution in [1.29, 1.82) is 0 Å². The van der Waals surface area contributed by atoms with Crippen LogP contribution >= 0.6 is 0 Å². The van der Waals surface area contributed by atoms with Crippen LogP contribution in [0.1, 0.15) is 57.1 Å². The second kappa shape index (κ2) is 6.13. The molecule has 1 aliphatic heterocycles. The summed E-state index contributed by atoms with van der Waals surface area (Å²) in [7, 11) is 2.00. The highest BCUT2D eigenvalue weighted by Crippen LogP contribution is 2.37. The number of hydrogen-bond donors (Lipinski definition) is 1. The summed E-state index contributed by atoms with van der Waals surface area (Å²) in [6, 6.07) is 5.58. The fraction of sp³-hybridized carbons (Fsp3) is 0.706. The molecule has 1 aromatic heterocycles. The first-order chi connectivity index (χ1) is 9.79. The van der Waals surface area contributed by atoms with Crippen LogP contribution in [0.5, 0.6) is 0 Å². The van der Waals surface area contributed by atoms with Gasteiger partial charge in [-0.05, 0) is 57.2 Å². The number of nitrogens with one attached hydrogen (secondary N) is 1. The first-order valence-corrected chi connectivity index (χ1v) is 8.19. The topological polar surface area (TPSA) is 28.2 Å². The SMILES string of the molecule is CNC(C)c1ccc(N2CCCC3CCCCC32)nc1. The molecule has 1 saturated heterocycles. The molecule has 0 aromatic carbocycles. The lowest BCUT2D eigenvalue weighted by Gasteiger charge is -2.44. The highest BCUT2D eigenvalue weighted by atomic mass is 15.2. The standard InChI is InChI=1S/C17H27N3/c1-13(18-2)15-9-10-17(19-12-15)20-11-5-7-14-6-3-4-8-16(14)20/h9-10,12-14,16,18H,3-8,11H2,1-2H3. The maximum absolute atomic E-state index is 4.75. The second-order valence-electron chi connectivity index (χ2n) is 6.41. The Morgan fingerprint density at radius 3 is 2.75 bits per heavy atom. The van der Waals surface area contributed by atoms with Gasteiger partial charge in [0.2, 0.25) is 0 Å². The van der Waals surface area contributed by atoms with Gasteiger partial charge in [-0.15, -0.1) is 0 Å². The summed E-state index contributed by atoms with van der Waals surface area (Å²) in [4.78, 5) is 7.33. The van der Waals surface area contributed by atoms with E-state index in [9.17, 15) is 0 Å². The van der Waals surface area contributed by atoms with Crippen LogP contribution in [0.2, 0.25) is 0 Å². The third-order valence-electron chi connectivity index (χ3n) is 5.24. The lowest BCUT2D eigenvalue weighted by molar-refractivity contribution is 0.242. The number of rotatable bonds is 3. The number of hydrogen-bond acceptors (Lipinski definition) is 3. The highest BCUT2D eigenvalue weighted by molar-refractivity contribution is 5.42. The van der Waals surface area contributed by atoms with Gasteiger partial charge in [0.25, 0.3) is 0 Å². The van der Waals surface area contributed by atoms with E-state index in [2.05, 4.69) is 29.3 Å². The highest BCUT2D eigenvalue weighted by Gasteiger charge is 2.33. The van der Waals surface area contributed by atoms with E-state index in [1.165, 1.54) is 56.5 Å². The third-order valence-corrected chi connectivity index (χ3v) is 5.24. The van der Waals surface area contributed by atoms with Gasteiger partial charge in [-0.1, -0.05) is 18.9 Å². The molecule has 3 heteroatoms. The van der Waals surface area contributed by atoms with Crippen LogP contribution in [0, 0.1) is 5.92 Å². The molecule has 0 amide bonds. The minimum absolute atomic E-state index is 0.375. The van der Waals surface area contributed by atoms with Gasteiger partial charge in [0, 0.05) is 24.8 Å². The van der Waals surface area contributed by atoms with E-state index in [0.29, 0.717) is 6.04 Å². The minimum Gasteiger partial charge on any atom is -0.353 e. The fourth-order valence-corrected chi connectivity index (χ4v) is 3.90. The Hall–Kier alpha value is -1.09. The Morgan fingerprint density at radius 1 is 1.20 bits per heavy atom. The first kappa shape index (κ1) is 13.9. The van der Waals surface area contributed by atoms with Crippen molar-refractivity contribution in [2.45, 2.75) is 57.5 Å². The van der Waals surface area contributed by atoms with Gasteiger partial charge in [0.05, 0.1) is 0 Å². The van der Waals surface area contributed by atoms with Crippen molar-refractivity contribution in [3.05, 3.63) is 23.9 Å². The van der Waals surface area contributed by atoms with Crippen LogP contribution in [0.4, 0.5) is 5.82 Å². The van der Waals surface area contributed by atoms with E-state index in [1.54, 1.807) is 0 Å². The number of anilines is 1. The van der Waals surface area contributed by atoms with Crippen LogP contribution < -0.4 is 10.2 Å². The number of aromatic nitrogens is 1. The molecule has 1 aromatic rings. The van der Waals surface area contributed by atoms with Gasteiger partial charge >= 0.3 is 0 Å². The molecule has 2 fully saturated rings. The summed E-state index contributed by atoms with van der Waals surface area (Å²) in [6.45, 7) is 3.36. The normalized spacial score (nSPS) is 28.0. The molecule has 3 nitrogen and oxygen atoms in total.